The number of ether oxygens (including phenoxy) is 1. The maximum Gasteiger partial charge on any atom is 0.254 e. The summed E-state index contributed by atoms with van der Waals surface area (Å²) in [5, 5.41) is 7.44. The third-order valence-corrected chi connectivity index (χ3v) is 6.01. The molecule has 1 aliphatic heterocycles. The van der Waals surface area contributed by atoms with Gasteiger partial charge in [-0.3, -0.25) is 9.89 Å². The van der Waals surface area contributed by atoms with Gasteiger partial charge in [0.25, 0.3) is 5.91 Å². The first-order valence-corrected chi connectivity index (χ1v) is 10.9. The van der Waals surface area contributed by atoms with Crippen molar-refractivity contribution >= 4 is 23.4 Å². The normalized spacial score (nSPS) is 14.0. The van der Waals surface area contributed by atoms with E-state index in [4.69, 9.17) is 4.74 Å². The molecule has 1 N–H and O–H groups in total. The molecular formula is C22H25N5O2S. The zero-order chi connectivity index (χ0) is 20.8. The number of rotatable bonds is 7. The van der Waals surface area contributed by atoms with E-state index >= 15 is 0 Å². The predicted molar refractivity (Wildman–Crippen MR) is 118 cm³/mol. The Labute approximate surface area is 180 Å². The van der Waals surface area contributed by atoms with Crippen molar-refractivity contribution < 1.29 is 9.53 Å². The molecule has 1 aliphatic rings. The van der Waals surface area contributed by atoms with Crippen molar-refractivity contribution in [2.24, 2.45) is 0 Å². The lowest BCUT2D eigenvalue weighted by Gasteiger charge is -2.29. The molecule has 7 nitrogen and oxygen atoms in total. The van der Waals surface area contributed by atoms with Crippen LogP contribution in [0.1, 0.15) is 21.5 Å². The van der Waals surface area contributed by atoms with Crippen LogP contribution in [0.15, 0.2) is 60.0 Å². The van der Waals surface area contributed by atoms with E-state index in [1.165, 1.54) is 23.8 Å². The molecule has 0 saturated carbocycles. The summed E-state index contributed by atoms with van der Waals surface area (Å²) in [4.78, 5) is 21.3. The van der Waals surface area contributed by atoms with Crippen LogP contribution in [0.3, 0.4) is 0 Å². The highest BCUT2D eigenvalue weighted by atomic mass is 32.2. The van der Waals surface area contributed by atoms with Gasteiger partial charge < -0.3 is 14.5 Å². The van der Waals surface area contributed by atoms with Crippen LogP contribution in [0.25, 0.3) is 0 Å². The van der Waals surface area contributed by atoms with Gasteiger partial charge in [-0.25, -0.2) is 4.98 Å². The lowest BCUT2D eigenvalue weighted by atomic mass is 10.1. The smallest absolute Gasteiger partial charge is 0.254 e. The summed E-state index contributed by atoms with van der Waals surface area (Å²) in [6, 6.07) is 16.2. The molecule has 1 fully saturated rings. The largest absolute Gasteiger partial charge is 0.378 e. The van der Waals surface area contributed by atoms with E-state index in [9.17, 15) is 4.79 Å². The Kier molecular flexibility index (Phi) is 6.66. The summed E-state index contributed by atoms with van der Waals surface area (Å²) in [5.74, 6) is 0.667. The predicted octanol–water partition coefficient (Wildman–Crippen LogP) is 3.21. The van der Waals surface area contributed by atoms with Crippen molar-refractivity contribution in [3.8, 4) is 0 Å². The number of aromatic nitrogens is 3. The van der Waals surface area contributed by atoms with E-state index in [0.29, 0.717) is 12.3 Å². The summed E-state index contributed by atoms with van der Waals surface area (Å²) in [7, 11) is 1.85. The summed E-state index contributed by atoms with van der Waals surface area (Å²) >= 11 is 1.53. The fourth-order valence-corrected chi connectivity index (χ4v) is 4.23. The van der Waals surface area contributed by atoms with E-state index in [1.54, 1.807) is 4.90 Å². The minimum Gasteiger partial charge on any atom is -0.378 e. The molecule has 1 saturated heterocycles. The van der Waals surface area contributed by atoms with E-state index in [1.807, 2.05) is 31.3 Å². The number of carbonyl (C=O) groups excluding carboxylic acids is 1. The fraction of sp³-hybridized carbons (Fsp3) is 0.318. The number of thioether (sulfide) groups is 1. The number of nitrogens with zero attached hydrogens (tertiary/aromatic N) is 4. The monoisotopic (exact) mass is 423 g/mol. The number of hydrogen-bond acceptors (Lipinski definition) is 6. The summed E-state index contributed by atoms with van der Waals surface area (Å²) < 4.78 is 5.42. The summed E-state index contributed by atoms with van der Waals surface area (Å²) in [6.45, 7) is 3.94. The van der Waals surface area contributed by atoms with Gasteiger partial charge >= 0.3 is 0 Å². The van der Waals surface area contributed by atoms with Crippen LogP contribution in [-0.4, -0.2) is 59.3 Å². The van der Waals surface area contributed by atoms with E-state index in [0.717, 1.165) is 48.2 Å². The standard InChI is InChI=1S/C22H25N5O2S/c1-26(14-17-6-8-19(9-7-17)27-10-12-29-13-11-27)21(28)20-5-3-2-4-18(20)15-30-22-23-16-24-25-22/h2-9,16H,10-15H2,1H3,(H,23,24,25). The van der Waals surface area contributed by atoms with Gasteiger partial charge in [-0.05, 0) is 29.3 Å². The Morgan fingerprint density at radius 1 is 1.17 bits per heavy atom. The average Bonchev–Trinajstić information content (AvgIpc) is 3.32. The maximum absolute atomic E-state index is 13.1. The molecule has 0 spiro atoms. The van der Waals surface area contributed by atoms with Gasteiger partial charge in [-0.15, -0.1) is 0 Å². The zero-order valence-corrected chi connectivity index (χ0v) is 17.8. The second-order valence-corrected chi connectivity index (χ2v) is 8.13. The van der Waals surface area contributed by atoms with Gasteiger partial charge in [0.1, 0.15) is 6.33 Å². The highest BCUT2D eigenvalue weighted by Crippen LogP contribution is 2.23. The molecule has 0 radical (unpaired) electrons. The van der Waals surface area contributed by atoms with E-state index in [2.05, 4.69) is 44.3 Å². The van der Waals surface area contributed by atoms with Crippen LogP contribution in [0, 0.1) is 0 Å². The molecule has 2 aromatic carbocycles. The second kappa shape index (κ2) is 9.77. The average molecular weight is 424 g/mol. The number of nitrogens with one attached hydrogen (secondary N) is 1. The lowest BCUT2D eigenvalue weighted by Crippen LogP contribution is -2.36. The first-order chi connectivity index (χ1) is 14.7. The number of hydrogen-bond donors (Lipinski definition) is 1. The van der Waals surface area contributed by atoms with E-state index in [-0.39, 0.29) is 5.91 Å². The van der Waals surface area contributed by atoms with Crippen LogP contribution in [0.5, 0.6) is 0 Å². The quantitative estimate of drug-likeness (QED) is 0.588. The van der Waals surface area contributed by atoms with Gasteiger partial charge in [-0.1, -0.05) is 42.1 Å². The van der Waals surface area contributed by atoms with Crippen LogP contribution in [0.4, 0.5) is 5.69 Å². The topological polar surface area (TPSA) is 74.3 Å². The number of anilines is 1. The van der Waals surface area contributed by atoms with Crippen molar-refractivity contribution in [2.75, 3.05) is 38.3 Å². The number of amides is 1. The Balaban J connectivity index is 1.40. The molecule has 3 aromatic rings. The molecule has 1 aromatic heterocycles. The molecule has 4 rings (SSSR count). The Bertz CT molecular complexity index is 956. The highest BCUT2D eigenvalue weighted by Gasteiger charge is 2.17. The molecule has 0 aliphatic carbocycles. The SMILES string of the molecule is CN(Cc1ccc(N2CCOCC2)cc1)C(=O)c1ccccc1CSc1ncn[nH]1. The van der Waals surface area contributed by atoms with Crippen molar-refractivity contribution in [2.45, 2.75) is 17.5 Å². The van der Waals surface area contributed by atoms with Gasteiger partial charge in [0.15, 0.2) is 5.16 Å². The van der Waals surface area contributed by atoms with Crippen LogP contribution >= 0.6 is 11.8 Å². The third-order valence-electron chi connectivity index (χ3n) is 5.08. The van der Waals surface area contributed by atoms with Gasteiger partial charge in [-0.2, -0.15) is 5.10 Å². The lowest BCUT2D eigenvalue weighted by molar-refractivity contribution is 0.0784. The molecule has 1 amide bonds. The first kappa shape index (κ1) is 20.4. The minimum atomic E-state index is 0.0148. The Morgan fingerprint density at radius 3 is 2.67 bits per heavy atom. The van der Waals surface area contributed by atoms with Crippen LogP contribution < -0.4 is 4.90 Å². The number of H-pyrrole nitrogens is 1. The number of aromatic amines is 1. The number of morpholine rings is 1. The minimum absolute atomic E-state index is 0.0148. The summed E-state index contributed by atoms with van der Waals surface area (Å²) in [5.41, 5.74) is 4.01. The van der Waals surface area contributed by atoms with E-state index < -0.39 is 0 Å². The summed E-state index contributed by atoms with van der Waals surface area (Å²) in [6.07, 6.45) is 1.48. The molecular weight excluding hydrogens is 398 g/mol. The zero-order valence-electron chi connectivity index (χ0n) is 17.0. The third kappa shape index (κ3) is 5.01. The molecule has 0 bridgehead atoms. The maximum atomic E-state index is 13.1. The molecule has 156 valence electrons. The molecule has 2 heterocycles. The highest BCUT2D eigenvalue weighted by molar-refractivity contribution is 7.98. The van der Waals surface area contributed by atoms with Gasteiger partial charge in [0.05, 0.1) is 13.2 Å². The van der Waals surface area contributed by atoms with Crippen LogP contribution in [0.2, 0.25) is 0 Å². The van der Waals surface area contributed by atoms with Gasteiger partial charge in [0.2, 0.25) is 0 Å². The van der Waals surface area contributed by atoms with Crippen molar-refractivity contribution in [3.05, 3.63) is 71.5 Å². The fourth-order valence-electron chi connectivity index (χ4n) is 3.45. The van der Waals surface area contributed by atoms with Crippen LogP contribution in [-0.2, 0) is 17.0 Å². The molecule has 0 unspecified atom stereocenters. The Morgan fingerprint density at radius 2 is 1.93 bits per heavy atom. The number of benzene rings is 2. The van der Waals surface area contributed by atoms with Crippen molar-refractivity contribution in [3.63, 3.8) is 0 Å². The molecule has 30 heavy (non-hydrogen) atoms. The van der Waals surface area contributed by atoms with Crippen molar-refractivity contribution in [1.29, 1.82) is 0 Å². The number of carbonyl (C=O) groups is 1. The molecule has 0 atom stereocenters. The first-order valence-electron chi connectivity index (χ1n) is 9.94. The second-order valence-electron chi connectivity index (χ2n) is 7.16. The Hall–Kier alpha value is -2.84. The molecule has 8 heteroatoms. The van der Waals surface area contributed by atoms with Gasteiger partial charge in [0, 0.05) is 43.7 Å². The van der Waals surface area contributed by atoms with Crippen molar-refractivity contribution in [1.82, 2.24) is 20.1 Å².